The Balaban J connectivity index is 1.45. The summed E-state index contributed by atoms with van der Waals surface area (Å²) in [6, 6.07) is 11.0. The molecule has 10 heteroatoms. The van der Waals surface area contributed by atoms with Crippen LogP contribution in [0.3, 0.4) is 0 Å². The number of anilines is 1. The van der Waals surface area contributed by atoms with Gasteiger partial charge in [-0.05, 0) is 56.2 Å². The van der Waals surface area contributed by atoms with Gasteiger partial charge in [-0.1, -0.05) is 43.8 Å². The number of nitrogens with one attached hydrogen (secondary N) is 2. The number of hydrogen-bond donors (Lipinski definition) is 2. The molecule has 0 saturated heterocycles. The lowest BCUT2D eigenvalue weighted by Gasteiger charge is -2.22. The maximum absolute atomic E-state index is 12.8. The third kappa shape index (κ3) is 5.63. The summed E-state index contributed by atoms with van der Waals surface area (Å²) >= 11 is 2.82. The number of aromatic nitrogens is 3. The summed E-state index contributed by atoms with van der Waals surface area (Å²) in [6.45, 7) is 6.65. The van der Waals surface area contributed by atoms with Crippen LogP contribution in [0.2, 0.25) is 0 Å². The first-order chi connectivity index (χ1) is 17.4. The van der Waals surface area contributed by atoms with Gasteiger partial charge in [-0.2, -0.15) is 5.26 Å². The van der Waals surface area contributed by atoms with E-state index in [-0.39, 0.29) is 29.5 Å². The predicted molar refractivity (Wildman–Crippen MR) is 142 cm³/mol. The first-order valence-electron chi connectivity index (χ1n) is 12.2. The minimum atomic E-state index is -0.330. The third-order valence-corrected chi connectivity index (χ3v) is 8.37. The molecule has 1 aliphatic carbocycles. The number of benzene rings is 1. The first-order valence-corrected chi connectivity index (χ1v) is 14.0. The summed E-state index contributed by atoms with van der Waals surface area (Å²) in [5.41, 5.74) is 2.30. The molecule has 8 nitrogen and oxygen atoms in total. The number of fused-ring (bicyclic) bond motifs is 1. The van der Waals surface area contributed by atoms with E-state index in [9.17, 15) is 14.9 Å². The molecule has 0 spiro atoms. The summed E-state index contributed by atoms with van der Waals surface area (Å²) in [5, 5.41) is 25.7. The largest absolute Gasteiger partial charge is 0.342 e. The number of rotatable bonds is 9. The Kier molecular flexibility index (Phi) is 8.44. The molecule has 0 saturated carbocycles. The molecular formula is C26H30N6O2S2. The molecule has 2 amide bonds. The van der Waals surface area contributed by atoms with Crippen LogP contribution in [0.25, 0.3) is 0 Å². The fourth-order valence-corrected chi connectivity index (χ4v) is 6.41. The lowest BCUT2D eigenvalue weighted by molar-refractivity contribution is -0.113. The number of nitrogens with zero attached hydrogens (tertiary/aromatic N) is 4. The van der Waals surface area contributed by atoms with Crippen LogP contribution in [-0.2, 0) is 24.2 Å². The van der Waals surface area contributed by atoms with Crippen LogP contribution in [-0.4, -0.2) is 32.3 Å². The highest BCUT2D eigenvalue weighted by Crippen LogP contribution is 2.37. The van der Waals surface area contributed by atoms with Crippen LogP contribution in [0.1, 0.15) is 71.8 Å². The van der Waals surface area contributed by atoms with Crippen LogP contribution in [0.15, 0.2) is 35.5 Å². The zero-order valence-electron chi connectivity index (χ0n) is 20.7. The van der Waals surface area contributed by atoms with Crippen molar-refractivity contribution in [3.8, 4) is 6.07 Å². The van der Waals surface area contributed by atoms with Crippen LogP contribution < -0.4 is 10.6 Å². The maximum Gasteiger partial charge on any atom is 0.251 e. The predicted octanol–water partition coefficient (Wildman–Crippen LogP) is 4.97. The Bertz CT molecular complexity index is 1280. The lowest BCUT2D eigenvalue weighted by Crippen LogP contribution is -2.33. The number of carbonyl (C=O) groups excluding carboxylic acids is 2. The molecule has 1 atom stereocenters. The number of hydrogen-bond acceptors (Lipinski definition) is 7. The van der Waals surface area contributed by atoms with Crippen molar-refractivity contribution >= 4 is 39.9 Å². The molecule has 1 aromatic carbocycles. The van der Waals surface area contributed by atoms with E-state index in [0.29, 0.717) is 33.7 Å². The van der Waals surface area contributed by atoms with Gasteiger partial charge in [-0.25, -0.2) is 0 Å². The summed E-state index contributed by atoms with van der Waals surface area (Å²) in [7, 11) is 0. The topological polar surface area (TPSA) is 113 Å². The van der Waals surface area contributed by atoms with E-state index in [0.717, 1.165) is 31.2 Å². The van der Waals surface area contributed by atoms with Crippen molar-refractivity contribution in [1.29, 1.82) is 5.26 Å². The number of aryl methyl sites for hydroxylation is 1. The summed E-state index contributed by atoms with van der Waals surface area (Å²) in [5.74, 6) is 0.550. The van der Waals surface area contributed by atoms with Gasteiger partial charge >= 0.3 is 0 Å². The molecule has 3 aromatic rings. The highest BCUT2D eigenvalue weighted by atomic mass is 32.2. The fourth-order valence-electron chi connectivity index (χ4n) is 4.34. The SMILES string of the molecule is CCn1c(SCC(=O)Nc2sc3c(c2C#N)CCCC3)nnc1[C@@H](NC(=O)c1ccccc1)C(C)C. The zero-order valence-corrected chi connectivity index (χ0v) is 22.3. The van der Waals surface area contributed by atoms with E-state index in [1.54, 1.807) is 12.1 Å². The smallest absolute Gasteiger partial charge is 0.251 e. The highest BCUT2D eigenvalue weighted by Gasteiger charge is 2.27. The average Bonchev–Trinajstić information content (AvgIpc) is 3.46. The van der Waals surface area contributed by atoms with E-state index < -0.39 is 0 Å². The van der Waals surface area contributed by atoms with Gasteiger partial charge in [-0.15, -0.1) is 21.5 Å². The molecule has 188 valence electrons. The number of thiophene rings is 1. The zero-order chi connectivity index (χ0) is 25.7. The summed E-state index contributed by atoms with van der Waals surface area (Å²) < 4.78 is 1.94. The molecule has 0 unspecified atom stereocenters. The van der Waals surface area contributed by atoms with Crippen molar-refractivity contribution in [2.75, 3.05) is 11.1 Å². The van der Waals surface area contributed by atoms with Gasteiger partial charge in [0, 0.05) is 17.0 Å². The van der Waals surface area contributed by atoms with Crippen molar-refractivity contribution in [3.05, 3.63) is 57.7 Å². The normalized spacial score (nSPS) is 13.6. The first kappa shape index (κ1) is 25.9. The summed E-state index contributed by atoms with van der Waals surface area (Å²) in [4.78, 5) is 26.8. The molecule has 2 N–H and O–H groups in total. The molecule has 4 rings (SSSR count). The average molecular weight is 523 g/mol. The molecule has 0 radical (unpaired) electrons. The Morgan fingerprint density at radius 3 is 2.64 bits per heavy atom. The number of nitriles is 1. The van der Waals surface area contributed by atoms with Gasteiger partial charge in [0.1, 0.15) is 11.1 Å². The van der Waals surface area contributed by atoms with E-state index in [1.165, 1.54) is 28.0 Å². The van der Waals surface area contributed by atoms with Crippen molar-refractivity contribution in [2.24, 2.45) is 5.92 Å². The lowest BCUT2D eigenvalue weighted by atomic mass is 9.96. The van der Waals surface area contributed by atoms with Gasteiger partial charge in [0.25, 0.3) is 5.91 Å². The molecule has 0 fully saturated rings. The Morgan fingerprint density at radius 1 is 1.19 bits per heavy atom. The molecule has 2 heterocycles. The summed E-state index contributed by atoms with van der Waals surface area (Å²) in [6.07, 6.45) is 4.08. The Morgan fingerprint density at radius 2 is 1.94 bits per heavy atom. The second-order valence-corrected chi connectivity index (χ2v) is 11.1. The molecular weight excluding hydrogens is 492 g/mol. The van der Waals surface area contributed by atoms with E-state index in [1.807, 2.05) is 43.5 Å². The minimum Gasteiger partial charge on any atom is -0.342 e. The van der Waals surface area contributed by atoms with E-state index in [2.05, 4.69) is 26.9 Å². The number of amides is 2. The number of thioether (sulfide) groups is 1. The van der Waals surface area contributed by atoms with Crippen molar-refractivity contribution in [2.45, 2.75) is 64.2 Å². The third-order valence-electron chi connectivity index (χ3n) is 6.20. The van der Waals surface area contributed by atoms with Crippen LogP contribution in [0, 0.1) is 17.2 Å². The van der Waals surface area contributed by atoms with Crippen molar-refractivity contribution in [1.82, 2.24) is 20.1 Å². The highest BCUT2D eigenvalue weighted by molar-refractivity contribution is 7.99. The van der Waals surface area contributed by atoms with Crippen LogP contribution in [0.4, 0.5) is 5.00 Å². The minimum absolute atomic E-state index is 0.0857. The molecule has 36 heavy (non-hydrogen) atoms. The maximum atomic E-state index is 12.8. The van der Waals surface area contributed by atoms with E-state index in [4.69, 9.17) is 0 Å². The molecule has 1 aliphatic rings. The molecule has 0 bridgehead atoms. The van der Waals surface area contributed by atoms with Gasteiger partial charge in [0.15, 0.2) is 11.0 Å². The van der Waals surface area contributed by atoms with Crippen LogP contribution in [0.5, 0.6) is 0 Å². The van der Waals surface area contributed by atoms with Gasteiger partial charge in [0.2, 0.25) is 5.91 Å². The molecule has 0 aliphatic heterocycles. The van der Waals surface area contributed by atoms with Crippen molar-refractivity contribution in [3.63, 3.8) is 0 Å². The van der Waals surface area contributed by atoms with Crippen LogP contribution >= 0.6 is 23.1 Å². The standard InChI is InChI=1S/C26H30N6O2S2/c1-4-32-23(22(16(2)3)29-24(34)17-10-6-5-7-11-17)30-31-26(32)35-15-21(33)28-25-19(14-27)18-12-8-9-13-20(18)36-25/h5-7,10-11,16,22H,4,8-9,12-13,15H2,1-3H3,(H,28,33)(H,29,34)/t22-/m0/s1. The van der Waals surface area contributed by atoms with Gasteiger partial charge in [-0.3, -0.25) is 9.59 Å². The Hall–Kier alpha value is -3.16. The van der Waals surface area contributed by atoms with Crippen molar-refractivity contribution < 1.29 is 9.59 Å². The second kappa shape index (κ2) is 11.7. The molecule has 2 aromatic heterocycles. The monoisotopic (exact) mass is 522 g/mol. The van der Waals surface area contributed by atoms with E-state index >= 15 is 0 Å². The quantitative estimate of drug-likeness (QED) is 0.384. The Labute approximate surface area is 219 Å². The van der Waals surface area contributed by atoms with Gasteiger partial charge < -0.3 is 15.2 Å². The van der Waals surface area contributed by atoms with Gasteiger partial charge in [0.05, 0.1) is 17.4 Å². The number of carbonyl (C=O) groups is 2. The fraction of sp³-hybridized carbons (Fsp3) is 0.423. The second-order valence-electron chi connectivity index (χ2n) is 9.01.